The van der Waals surface area contributed by atoms with Gasteiger partial charge in [0.05, 0.1) is 70.2 Å². The van der Waals surface area contributed by atoms with Crippen LogP contribution in [-0.2, 0) is 88.4 Å². The highest BCUT2D eigenvalue weighted by molar-refractivity contribution is 5.93. The molecule has 0 radical (unpaired) electrons. The molecule has 0 bridgehead atoms. The second-order valence-corrected chi connectivity index (χ2v) is 18.7. The number of esters is 4. The second kappa shape index (κ2) is 34.2. The summed E-state index contributed by atoms with van der Waals surface area (Å²) in [5, 5.41) is 11.1. The Morgan fingerprint density at radius 3 is 1.74 bits per heavy atom. The lowest BCUT2D eigenvalue weighted by Gasteiger charge is -2.41. The normalized spacial score (nSPS) is 19.8. The summed E-state index contributed by atoms with van der Waals surface area (Å²) in [5.74, 6) is -0.584. The Labute approximate surface area is 466 Å². The number of nitrogens with zero attached hydrogens (tertiary/aromatic N) is 4. The Hall–Kier alpha value is -6.96. The topological polar surface area (TPSA) is 255 Å². The zero-order chi connectivity index (χ0) is 56.9. The van der Waals surface area contributed by atoms with Gasteiger partial charge in [-0.05, 0) is 49.2 Å². The van der Waals surface area contributed by atoms with Crippen molar-refractivity contribution in [1.29, 1.82) is 0 Å². The SMILES string of the molecule is CC(=O)OC[C@@H]1O[C@@H]([n+]2ccc(C(=O)NCC[n+]3cc(CCCCCCNCc4ccc5c(c4)OCCOCCOCCOc4ccccc4OCCOCCOCCO5)n(C)n3)cc2)[C@H](OC(C)=O)[C@H](OC(C)=O)[C@H]1OC(C)=O. The molecular weight excluding hydrogens is 1040 g/mol. The molecule has 1 fully saturated rings. The molecular formula is C56H78N6O18+2. The van der Waals surface area contributed by atoms with Crippen molar-refractivity contribution in [2.45, 2.75) is 104 Å². The molecule has 0 spiro atoms. The van der Waals surface area contributed by atoms with Gasteiger partial charge < -0.3 is 72.2 Å². The average molecular weight is 1120 g/mol. The summed E-state index contributed by atoms with van der Waals surface area (Å²) in [4.78, 5) is 61.6. The molecule has 1 saturated heterocycles. The largest absolute Gasteiger partial charge is 0.487 e. The molecule has 0 unspecified atom stereocenters. The van der Waals surface area contributed by atoms with Gasteiger partial charge in [-0.2, -0.15) is 4.57 Å². The zero-order valence-corrected chi connectivity index (χ0v) is 46.5. The van der Waals surface area contributed by atoms with Gasteiger partial charge in [-0.3, -0.25) is 24.0 Å². The lowest BCUT2D eigenvalue weighted by Crippen LogP contribution is -2.65. The van der Waals surface area contributed by atoms with Gasteiger partial charge in [0.2, 0.25) is 6.10 Å². The number of nitrogens with one attached hydrogen (secondary N) is 2. The summed E-state index contributed by atoms with van der Waals surface area (Å²) in [6.07, 6.45) is 3.86. The molecule has 1 amide bonds. The Morgan fingerprint density at radius 2 is 1.15 bits per heavy atom. The smallest absolute Gasteiger partial charge is 0.304 e. The number of carbonyl (C=O) groups is 5. The van der Waals surface area contributed by atoms with Gasteiger partial charge in [-0.25, -0.2) is 0 Å². The fourth-order valence-electron chi connectivity index (χ4n) is 8.65. The number of hydrogen-bond donors (Lipinski definition) is 2. The maximum Gasteiger partial charge on any atom is 0.304 e. The van der Waals surface area contributed by atoms with Crippen LogP contribution in [0.5, 0.6) is 23.0 Å². The first-order valence-corrected chi connectivity index (χ1v) is 27.1. The zero-order valence-electron chi connectivity index (χ0n) is 46.5. The molecule has 24 nitrogen and oxygen atoms in total. The van der Waals surface area contributed by atoms with Gasteiger partial charge in [0.1, 0.15) is 52.7 Å². The Bertz CT molecular complexity index is 2550. The molecule has 0 saturated carbocycles. The van der Waals surface area contributed by atoms with E-state index in [1.54, 1.807) is 16.8 Å². The van der Waals surface area contributed by atoms with Crippen LogP contribution in [0.2, 0.25) is 0 Å². The monoisotopic (exact) mass is 1120 g/mol. The minimum Gasteiger partial charge on any atom is -0.487 e. The fraction of sp³-hybridized carbons (Fsp3) is 0.571. The summed E-state index contributed by atoms with van der Waals surface area (Å²) in [7, 11) is 1.91. The van der Waals surface area contributed by atoms with Crippen molar-refractivity contribution in [2.75, 3.05) is 99.0 Å². The molecule has 0 aliphatic carbocycles. The summed E-state index contributed by atoms with van der Waals surface area (Å²) in [5.41, 5.74) is 2.48. The van der Waals surface area contributed by atoms with Gasteiger partial charge in [-0.1, -0.05) is 31.0 Å². The number of para-hydroxylation sites is 2. The summed E-state index contributed by atoms with van der Waals surface area (Å²) < 4.78 is 79.9. The van der Waals surface area contributed by atoms with Crippen molar-refractivity contribution in [3.63, 3.8) is 0 Å². The second-order valence-electron chi connectivity index (χ2n) is 18.7. The predicted molar refractivity (Wildman–Crippen MR) is 282 cm³/mol. The molecule has 80 heavy (non-hydrogen) atoms. The minimum atomic E-state index is -1.33. The van der Waals surface area contributed by atoms with Gasteiger partial charge in [0, 0.05) is 52.8 Å². The van der Waals surface area contributed by atoms with E-state index in [0.29, 0.717) is 127 Å². The molecule has 6 rings (SSSR count). The molecule has 2 aromatic carbocycles. The molecule has 4 heterocycles. The van der Waals surface area contributed by atoms with Crippen LogP contribution in [-0.4, -0.2) is 163 Å². The number of benzene rings is 2. The van der Waals surface area contributed by atoms with Crippen LogP contribution in [0.15, 0.2) is 73.2 Å². The van der Waals surface area contributed by atoms with Crippen molar-refractivity contribution in [1.82, 2.24) is 20.5 Å². The standard InChI is InChI=1S/C56H77N6O18/c1-40(63)76-39-51-52(77-41(2)64)53(78-42(3)65)54(79-43(4)66)56(80-51)61-21-17-45(18-22-61)55(67)58-20-23-62-38-46(60(5)59-62)12-8-6-7-11-19-57-37-44-15-16-49-50(36-44)75-35-31-71-27-26-69-29-33-73-48-14-10-9-13-47(48)72-32-28-68-24-25-70-30-34-74-49/h9-10,13-18,21-22,36,38,51-54,56-57H,6-8,11-12,19-20,23-35,37,39H2,1-5H3/q+1/p+1/t51-,52-,53+,54+,56+/m0/s1. The minimum absolute atomic E-state index is 0.302. The van der Waals surface area contributed by atoms with Crippen LogP contribution in [0.3, 0.4) is 0 Å². The van der Waals surface area contributed by atoms with Crippen molar-refractivity contribution in [3.05, 3.63) is 90.0 Å². The number of ether oxygens (including phenoxy) is 13. The summed E-state index contributed by atoms with van der Waals surface area (Å²) in [6.45, 7) is 11.3. The van der Waals surface area contributed by atoms with Crippen LogP contribution in [0, 0.1) is 0 Å². The van der Waals surface area contributed by atoms with Crippen LogP contribution >= 0.6 is 0 Å². The number of rotatable bonds is 19. The third-order valence-corrected chi connectivity index (χ3v) is 12.4. The number of aryl methyl sites for hydroxylation is 2. The van der Waals surface area contributed by atoms with Gasteiger partial charge in [0.25, 0.3) is 5.91 Å². The first-order chi connectivity index (χ1) is 38.8. The fourth-order valence-corrected chi connectivity index (χ4v) is 8.65. The van der Waals surface area contributed by atoms with E-state index in [1.165, 1.54) is 30.8 Å². The van der Waals surface area contributed by atoms with Crippen LogP contribution < -0.4 is 38.8 Å². The van der Waals surface area contributed by atoms with Crippen molar-refractivity contribution >= 4 is 29.8 Å². The van der Waals surface area contributed by atoms with Gasteiger partial charge in [0.15, 0.2) is 59.5 Å². The number of unbranched alkanes of at least 4 members (excludes halogenated alkanes) is 3. The highest BCUT2D eigenvalue weighted by Crippen LogP contribution is 2.33. The molecule has 2 aliphatic heterocycles. The molecule has 2 aromatic heterocycles. The van der Waals surface area contributed by atoms with Crippen LogP contribution in [0.25, 0.3) is 0 Å². The van der Waals surface area contributed by atoms with E-state index in [2.05, 4.69) is 15.8 Å². The lowest BCUT2D eigenvalue weighted by atomic mass is 9.97. The van der Waals surface area contributed by atoms with Gasteiger partial charge >= 0.3 is 30.1 Å². The Kier molecular flexibility index (Phi) is 26.6. The van der Waals surface area contributed by atoms with E-state index in [0.717, 1.165) is 63.8 Å². The number of carbonyl (C=O) groups excluding carboxylic acids is 5. The molecule has 5 atom stereocenters. The van der Waals surface area contributed by atoms with Gasteiger partial charge in [-0.15, -0.1) is 9.36 Å². The number of aromatic nitrogens is 4. The lowest BCUT2D eigenvalue weighted by molar-refractivity contribution is -0.777. The van der Waals surface area contributed by atoms with Crippen LogP contribution in [0.1, 0.15) is 81.2 Å². The Morgan fingerprint density at radius 1 is 0.613 bits per heavy atom. The average Bonchev–Trinajstić information content (AvgIpc) is 3.80. The van der Waals surface area contributed by atoms with Crippen molar-refractivity contribution in [3.8, 4) is 23.0 Å². The van der Waals surface area contributed by atoms with E-state index in [1.807, 2.05) is 60.4 Å². The first-order valence-electron chi connectivity index (χ1n) is 27.1. The third kappa shape index (κ3) is 21.6. The Balaban J connectivity index is 0.891. The summed E-state index contributed by atoms with van der Waals surface area (Å²) >= 11 is 0. The third-order valence-electron chi connectivity index (χ3n) is 12.4. The quantitative estimate of drug-likeness (QED) is 0.0592. The van der Waals surface area contributed by atoms with E-state index in [-0.39, 0.29) is 12.5 Å². The molecule has 24 heteroatoms. The molecule has 438 valence electrons. The first kappa shape index (κ1) is 62.2. The predicted octanol–water partition coefficient (Wildman–Crippen LogP) is 2.87. The maximum atomic E-state index is 13.2. The number of hydrogen-bond acceptors (Lipinski definition) is 20. The molecule has 4 aromatic rings. The summed E-state index contributed by atoms with van der Waals surface area (Å²) in [6, 6.07) is 16.6. The molecule has 2 aliphatic rings. The van der Waals surface area contributed by atoms with Crippen molar-refractivity contribution in [2.24, 2.45) is 7.05 Å². The number of pyridine rings is 1. The number of amides is 1. The van der Waals surface area contributed by atoms with E-state index in [9.17, 15) is 24.0 Å². The van der Waals surface area contributed by atoms with E-state index >= 15 is 0 Å². The maximum absolute atomic E-state index is 13.2. The highest BCUT2D eigenvalue weighted by Gasteiger charge is 2.56. The van der Waals surface area contributed by atoms with Crippen LogP contribution in [0.4, 0.5) is 0 Å². The molecule has 2 N–H and O–H groups in total. The van der Waals surface area contributed by atoms with E-state index < -0.39 is 54.5 Å². The highest BCUT2D eigenvalue weighted by atomic mass is 16.7. The van der Waals surface area contributed by atoms with Crippen molar-refractivity contribution < 1.29 is 94.8 Å². The number of fused-ring (bicyclic) bond motifs is 2. The van der Waals surface area contributed by atoms with E-state index in [4.69, 9.17) is 61.6 Å².